The van der Waals surface area contributed by atoms with Gasteiger partial charge in [-0.3, -0.25) is 9.97 Å². The average Bonchev–Trinajstić information content (AvgIpc) is 2.49. The molecule has 20 heavy (non-hydrogen) atoms. The summed E-state index contributed by atoms with van der Waals surface area (Å²) in [6.07, 6.45) is 3.76. The molecular weight excluding hydrogens is 244 g/mol. The molecule has 0 aliphatic rings. The van der Waals surface area contributed by atoms with Crippen molar-refractivity contribution in [2.75, 3.05) is 0 Å². The van der Waals surface area contributed by atoms with Crippen LogP contribution in [0.4, 0.5) is 0 Å². The summed E-state index contributed by atoms with van der Waals surface area (Å²) in [6.45, 7) is 4.12. The number of aromatic nitrogens is 2. The van der Waals surface area contributed by atoms with Crippen molar-refractivity contribution in [3.05, 3.63) is 72.1 Å². The maximum Gasteiger partial charge on any atom is 0.0717 e. The second kappa shape index (κ2) is 5.25. The van der Waals surface area contributed by atoms with Gasteiger partial charge in [0.2, 0.25) is 0 Å². The third-order valence-corrected chi connectivity index (χ3v) is 3.32. The molecule has 2 aromatic heterocycles. The fraction of sp³-hybridized carbons (Fsp3) is 0.111. The third-order valence-electron chi connectivity index (χ3n) is 3.32. The summed E-state index contributed by atoms with van der Waals surface area (Å²) in [5.74, 6) is 0. The van der Waals surface area contributed by atoms with Gasteiger partial charge in [-0.15, -0.1) is 0 Å². The Morgan fingerprint density at radius 2 is 1.10 bits per heavy atom. The van der Waals surface area contributed by atoms with Crippen molar-refractivity contribution in [3.8, 4) is 22.5 Å². The van der Waals surface area contributed by atoms with Gasteiger partial charge in [0.1, 0.15) is 0 Å². The summed E-state index contributed by atoms with van der Waals surface area (Å²) in [5.41, 5.74) is 6.55. The average molecular weight is 260 g/mol. The Kier molecular flexibility index (Phi) is 3.30. The molecule has 3 rings (SSSR count). The molecule has 2 heteroatoms. The lowest BCUT2D eigenvalue weighted by Gasteiger charge is -2.04. The van der Waals surface area contributed by atoms with Crippen molar-refractivity contribution in [1.82, 2.24) is 9.97 Å². The quantitative estimate of drug-likeness (QED) is 0.681. The molecule has 0 saturated carbocycles. The van der Waals surface area contributed by atoms with Crippen molar-refractivity contribution in [2.45, 2.75) is 13.8 Å². The molecule has 0 N–H and O–H groups in total. The van der Waals surface area contributed by atoms with Gasteiger partial charge in [-0.2, -0.15) is 0 Å². The van der Waals surface area contributed by atoms with Crippen LogP contribution in [0.5, 0.6) is 0 Å². The summed E-state index contributed by atoms with van der Waals surface area (Å²) in [4.78, 5) is 8.96. The van der Waals surface area contributed by atoms with Crippen LogP contribution in [-0.4, -0.2) is 9.97 Å². The summed E-state index contributed by atoms with van der Waals surface area (Å²) in [5, 5.41) is 0. The molecule has 0 aliphatic heterocycles. The standard InChI is InChI=1S/C18H16N2/c1-13-3-6-15(7-4-13)17-10-8-16(12-20-17)18-9-5-14(2)11-19-18/h3-12H,1-2H3. The fourth-order valence-electron chi connectivity index (χ4n) is 2.08. The lowest BCUT2D eigenvalue weighted by Crippen LogP contribution is -1.88. The molecule has 0 bridgehead atoms. The molecule has 98 valence electrons. The van der Waals surface area contributed by atoms with Gasteiger partial charge in [-0.1, -0.05) is 35.9 Å². The minimum atomic E-state index is 0.957. The van der Waals surface area contributed by atoms with E-state index >= 15 is 0 Å². The Labute approximate surface area is 119 Å². The van der Waals surface area contributed by atoms with Gasteiger partial charge in [0, 0.05) is 23.5 Å². The van der Waals surface area contributed by atoms with Crippen molar-refractivity contribution < 1.29 is 0 Å². The maximum atomic E-state index is 4.54. The molecule has 0 atom stereocenters. The van der Waals surface area contributed by atoms with E-state index in [0.717, 1.165) is 28.1 Å². The largest absolute Gasteiger partial charge is 0.256 e. The Morgan fingerprint density at radius 3 is 1.70 bits per heavy atom. The molecule has 0 saturated heterocycles. The maximum absolute atomic E-state index is 4.54. The van der Waals surface area contributed by atoms with E-state index in [9.17, 15) is 0 Å². The Balaban J connectivity index is 1.91. The van der Waals surface area contributed by atoms with Gasteiger partial charge in [0.15, 0.2) is 0 Å². The van der Waals surface area contributed by atoms with Crippen LogP contribution in [0.3, 0.4) is 0 Å². The van der Waals surface area contributed by atoms with E-state index in [-0.39, 0.29) is 0 Å². The fourth-order valence-corrected chi connectivity index (χ4v) is 2.08. The minimum absolute atomic E-state index is 0.957. The number of benzene rings is 1. The van der Waals surface area contributed by atoms with E-state index < -0.39 is 0 Å². The van der Waals surface area contributed by atoms with E-state index in [1.807, 2.05) is 31.5 Å². The third kappa shape index (κ3) is 2.59. The van der Waals surface area contributed by atoms with Crippen molar-refractivity contribution in [1.29, 1.82) is 0 Å². The molecule has 3 aromatic rings. The predicted molar refractivity (Wildman–Crippen MR) is 82.4 cm³/mol. The summed E-state index contributed by atoms with van der Waals surface area (Å²) >= 11 is 0. The summed E-state index contributed by atoms with van der Waals surface area (Å²) < 4.78 is 0. The van der Waals surface area contributed by atoms with Crippen LogP contribution in [0.2, 0.25) is 0 Å². The smallest absolute Gasteiger partial charge is 0.0717 e. The highest BCUT2D eigenvalue weighted by atomic mass is 14.7. The molecule has 0 aliphatic carbocycles. The van der Waals surface area contributed by atoms with Crippen LogP contribution in [0.15, 0.2) is 60.9 Å². The minimum Gasteiger partial charge on any atom is -0.256 e. The Bertz CT molecular complexity index is 631. The van der Waals surface area contributed by atoms with Crippen molar-refractivity contribution >= 4 is 0 Å². The first-order valence-electron chi connectivity index (χ1n) is 6.68. The second-order valence-electron chi connectivity index (χ2n) is 5.02. The van der Waals surface area contributed by atoms with Crippen LogP contribution < -0.4 is 0 Å². The van der Waals surface area contributed by atoms with Gasteiger partial charge < -0.3 is 0 Å². The number of pyridine rings is 2. The number of aryl methyl sites for hydroxylation is 2. The van der Waals surface area contributed by atoms with Gasteiger partial charge in [0.05, 0.1) is 11.4 Å². The molecule has 1 aromatic carbocycles. The molecule has 0 radical (unpaired) electrons. The number of hydrogen-bond donors (Lipinski definition) is 0. The topological polar surface area (TPSA) is 25.8 Å². The van der Waals surface area contributed by atoms with Crippen LogP contribution in [0.25, 0.3) is 22.5 Å². The first kappa shape index (κ1) is 12.5. The van der Waals surface area contributed by atoms with Crippen LogP contribution >= 0.6 is 0 Å². The number of hydrogen-bond acceptors (Lipinski definition) is 2. The lowest BCUT2D eigenvalue weighted by molar-refractivity contribution is 1.25. The van der Waals surface area contributed by atoms with Crippen molar-refractivity contribution in [3.63, 3.8) is 0 Å². The normalized spacial score (nSPS) is 10.5. The Hall–Kier alpha value is -2.48. The molecule has 0 fully saturated rings. The van der Waals surface area contributed by atoms with Crippen LogP contribution in [0, 0.1) is 13.8 Å². The van der Waals surface area contributed by atoms with E-state index in [1.54, 1.807) is 0 Å². The second-order valence-corrected chi connectivity index (χ2v) is 5.02. The zero-order valence-corrected chi connectivity index (χ0v) is 11.7. The van der Waals surface area contributed by atoms with Crippen LogP contribution in [-0.2, 0) is 0 Å². The number of rotatable bonds is 2. The highest BCUT2D eigenvalue weighted by Crippen LogP contribution is 2.21. The van der Waals surface area contributed by atoms with Gasteiger partial charge in [-0.25, -0.2) is 0 Å². The van der Waals surface area contributed by atoms with Crippen molar-refractivity contribution in [2.24, 2.45) is 0 Å². The predicted octanol–water partition coefficient (Wildman–Crippen LogP) is 4.43. The molecule has 0 amide bonds. The lowest BCUT2D eigenvalue weighted by atomic mass is 10.1. The van der Waals surface area contributed by atoms with Gasteiger partial charge in [0.25, 0.3) is 0 Å². The van der Waals surface area contributed by atoms with Gasteiger partial charge >= 0.3 is 0 Å². The van der Waals surface area contributed by atoms with E-state index in [2.05, 4.69) is 53.3 Å². The SMILES string of the molecule is Cc1ccc(-c2ccc(-c3ccc(C)cn3)cn2)cc1. The highest BCUT2D eigenvalue weighted by molar-refractivity contribution is 5.64. The molecule has 0 unspecified atom stereocenters. The van der Waals surface area contributed by atoms with E-state index in [1.165, 1.54) is 5.56 Å². The monoisotopic (exact) mass is 260 g/mol. The van der Waals surface area contributed by atoms with Gasteiger partial charge in [-0.05, 0) is 37.6 Å². The first-order valence-corrected chi connectivity index (χ1v) is 6.68. The highest BCUT2D eigenvalue weighted by Gasteiger charge is 2.02. The first-order chi connectivity index (χ1) is 9.72. The Morgan fingerprint density at radius 1 is 0.550 bits per heavy atom. The molecule has 2 nitrogen and oxygen atoms in total. The molecular formula is C18H16N2. The summed E-state index contributed by atoms with van der Waals surface area (Å²) in [6, 6.07) is 16.6. The van der Waals surface area contributed by atoms with E-state index in [4.69, 9.17) is 0 Å². The zero-order valence-electron chi connectivity index (χ0n) is 11.7. The molecule has 0 spiro atoms. The number of nitrogens with zero attached hydrogens (tertiary/aromatic N) is 2. The molecule has 2 heterocycles. The van der Waals surface area contributed by atoms with Crippen LogP contribution in [0.1, 0.15) is 11.1 Å². The van der Waals surface area contributed by atoms with E-state index in [0.29, 0.717) is 0 Å². The summed E-state index contributed by atoms with van der Waals surface area (Å²) in [7, 11) is 0. The zero-order chi connectivity index (χ0) is 13.9.